The lowest BCUT2D eigenvalue weighted by Crippen LogP contribution is -2.30. The van der Waals surface area contributed by atoms with Crippen LogP contribution in [-0.2, 0) is 6.54 Å². The minimum atomic E-state index is 0.685. The van der Waals surface area contributed by atoms with Crippen molar-refractivity contribution in [1.82, 2.24) is 10.6 Å². The highest BCUT2D eigenvalue weighted by Gasteiger charge is 2.12. The maximum Gasteiger partial charge on any atom is 0.0216 e. The second-order valence-electron chi connectivity index (χ2n) is 3.20. The third-order valence-electron chi connectivity index (χ3n) is 2.24. The molecular formula is C9H14N2S. The molecule has 0 aromatic carbocycles. The maximum absolute atomic E-state index is 3.53. The summed E-state index contributed by atoms with van der Waals surface area (Å²) < 4.78 is 0. The summed E-state index contributed by atoms with van der Waals surface area (Å²) in [6.07, 6.45) is 1.27. The molecule has 1 aliphatic rings. The van der Waals surface area contributed by atoms with Crippen molar-refractivity contribution in [3.8, 4) is 0 Å². The zero-order valence-electron chi connectivity index (χ0n) is 7.05. The normalized spacial score (nSPS) is 23.2. The Morgan fingerprint density at radius 3 is 3.33 bits per heavy atom. The van der Waals surface area contributed by atoms with Crippen LogP contribution in [0, 0.1) is 0 Å². The van der Waals surface area contributed by atoms with E-state index in [1.165, 1.54) is 18.5 Å². The van der Waals surface area contributed by atoms with Crippen LogP contribution >= 0.6 is 11.3 Å². The molecule has 0 bridgehead atoms. The predicted molar refractivity (Wildman–Crippen MR) is 52.4 cm³/mol. The molecule has 2 N–H and O–H groups in total. The van der Waals surface area contributed by atoms with Gasteiger partial charge in [0.1, 0.15) is 0 Å². The standard InChI is InChI=1S/C9H14N2S/c1-3-10-6-9(1)11-5-8-2-4-12-7-8/h2,4,7,9-11H,1,3,5-6H2. The van der Waals surface area contributed by atoms with Gasteiger partial charge >= 0.3 is 0 Å². The maximum atomic E-state index is 3.53. The summed E-state index contributed by atoms with van der Waals surface area (Å²) in [6, 6.07) is 2.87. The van der Waals surface area contributed by atoms with Gasteiger partial charge in [0.25, 0.3) is 0 Å². The van der Waals surface area contributed by atoms with Gasteiger partial charge in [-0.25, -0.2) is 0 Å². The van der Waals surface area contributed by atoms with Gasteiger partial charge in [-0.2, -0.15) is 11.3 Å². The first-order valence-corrected chi connectivity index (χ1v) is 5.34. The van der Waals surface area contributed by atoms with Gasteiger partial charge in [-0.1, -0.05) is 0 Å². The summed E-state index contributed by atoms with van der Waals surface area (Å²) in [6.45, 7) is 3.32. The molecule has 12 heavy (non-hydrogen) atoms. The summed E-state index contributed by atoms with van der Waals surface area (Å²) in [5.74, 6) is 0. The minimum absolute atomic E-state index is 0.685. The van der Waals surface area contributed by atoms with Crippen molar-refractivity contribution in [3.63, 3.8) is 0 Å². The van der Waals surface area contributed by atoms with Gasteiger partial charge in [0, 0.05) is 19.1 Å². The van der Waals surface area contributed by atoms with E-state index in [0.29, 0.717) is 6.04 Å². The fraction of sp³-hybridized carbons (Fsp3) is 0.556. The van der Waals surface area contributed by atoms with Crippen molar-refractivity contribution in [1.29, 1.82) is 0 Å². The first-order valence-electron chi connectivity index (χ1n) is 4.40. The Balaban J connectivity index is 1.74. The number of nitrogens with one attached hydrogen (secondary N) is 2. The van der Waals surface area contributed by atoms with Crippen LogP contribution in [-0.4, -0.2) is 19.1 Å². The highest BCUT2D eigenvalue weighted by atomic mass is 32.1. The molecular weight excluding hydrogens is 168 g/mol. The van der Waals surface area contributed by atoms with Crippen LogP contribution in [0.3, 0.4) is 0 Å². The number of hydrogen-bond donors (Lipinski definition) is 2. The third-order valence-corrected chi connectivity index (χ3v) is 2.97. The molecule has 1 atom stereocenters. The zero-order chi connectivity index (χ0) is 8.23. The van der Waals surface area contributed by atoms with E-state index in [2.05, 4.69) is 27.5 Å². The molecule has 1 aromatic rings. The Labute approximate surface area is 77.0 Å². The molecule has 0 radical (unpaired) electrons. The molecule has 1 saturated heterocycles. The zero-order valence-corrected chi connectivity index (χ0v) is 7.86. The first-order chi connectivity index (χ1) is 5.95. The molecule has 0 spiro atoms. The molecule has 2 rings (SSSR count). The van der Waals surface area contributed by atoms with Crippen molar-refractivity contribution < 1.29 is 0 Å². The van der Waals surface area contributed by atoms with Crippen LogP contribution < -0.4 is 10.6 Å². The second kappa shape index (κ2) is 4.03. The molecule has 0 aliphatic carbocycles. The van der Waals surface area contributed by atoms with E-state index >= 15 is 0 Å². The van der Waals surface area contributed by atoms with Crippen LogP contribution in [0.5, 0.6) is 0 Å². The number of rotatable bonds is 3. The van der Waals surface area contributed by atoms with E-state index in [-0.39, 0.29) is 0 Å². The monoisotopic (exact) mass is 182 g/mol. The number of hydrogen-bond acceptors (Lipinski definition) is 3. The Hall–Kier alpha value is -0.380. The smallest absolute Gasteiger partial charge is 0.0216 e. The Kier molecular flexibility index (Phi) is 2.76. The van der Waals surface area contributed by atoms with E-state index in [1.807, 2.05) is 0 Å². The van der Waals surface area contributed by atoms with E-state index < -0.39 is 0 Å². The Bertz CT molecular complexity index is 214. The molecule has 0 saturated carbocycles. The molecule has 1 aromatic heterocycles. The summed E-state index contributed by atoms with van der Waals surface area (Å²) in [4.78, 5) is 0. The average Bonchev–Trinajstić information content (AvgIpc) is 2.74. The van der Waals surface area contributed by atoms with E-state index in [1.54, 1.807) is 11.3 Å². The van der Waals surface area contributed by atoms with Crippen LogP contribution in [0.25, 0.3) is 0 Å². The number of thiophene rings is 1. The molecule has 2 heterocycles. The molecule has 1 aliphatic heterocycles. The lowest BCUT2D eigenvalue weighted by Gasteiger charge is -2.09. The Morgan fingerprint density at radius 1 is 1.67 bits per heavy atom. The van der Waals surface area contributed by atoms with Crippen molar-refractivity contribution in [2.75, 3.05) is 13.1 Å². The molecule has 1 fully saturated rings. The van der Waals surface area contributed by atoms with Crippen LogP contribution in [0.4, 0.5) is 0 Å². The first kappa shape index (κ1) is 8.23. The van der Waals surface area contributed by atoms with Gasteiger partial charge in [-0.3, -0.25) is 0 Å². The highest BCUT2D eigenvalue weighted by Crippen LogP contribution is 2.06. The van der Waals surface area contributed by atoms with E-state index in [0.717, 1.165) is 13.1 Å². The fourth-order valence-electron chi connectivity index (χ4n) is 1.48. The van der Waals surface area contributed by atoms with Crippen molar-refractivity contribution in [2.24, 2.45) is 0 Å². The minimum Gasteiger partial charge on any atom is -0.315 e. The van der Waals surface area contributed by atoms with Gasteiger partial charge in [-0.15, -0.1) is 0 Å². The summed E-state index contributed by atoms with van der Waals surface area (Å²) in [5.41, 5.74) is 1.41. The van der Waals surface area contributed by atoms with Crippen LogP contribution in [0.2, 0.25) is 0 Å². The molecule has 66 valence electrons. The van der Waals surface area contributed by atoms with Crippen molar-refractivity contribution in [2.45, 2.75) is 19.0 Å². The van der Waals surface area contributed by atoms with E-state index in [4.69, 9.17) is 0 Å². The second-order valence-corrected chi connectivity index (χ2v) is 3.98. The van der Waals surface area contributed by atoms with Crippen LogP contribution in [0.15, 0.2) is 16.8 Å². The van der Waals surface area contributed by atoms with E-state index in [9.17, 15) is 0 Å². The van der Waals surface area contributed by atoms with Crippen molar-refractivity contribution >= 4 is 11.3 Å². The molecule has 1 unspecified atom stereocenters. The highest BCUT2D eigenvalue weighted by molar-refractivity contribution is 7.07. The average molecular weight is 182 g/mol. The van der Waals surface area contributed by atoms with Gasteiger partial charge < -0.3 is 10.6 Å². The largest absolute Gasteiger partial charge is 0.315 e. The van der Waals surface area contributed by atoms with Gasteiger partial charge in [0.05, 0.1) is 0 Å². The topological polar surface area (TPSA) is 24.1 Å². The summed E-state index contributed by atoms with van der Waals surface area (Å²) in [7, 11) is 0. The quantitative estimate of drug-likeness (QED) is 0.734. The van der Waals surface area contributed by atoms with Gasteiger partial charge in [0.15, 0.2) is 0 Å². The summed E-state index contributed by atoms with van der Waals surface area (Å²) in [5, 5.41) is 11.2. The molecule has 2 nitrogen and oxygen atoms in total. The Morgan fingerprint density at radius 2 is 2.67 bits per heavy atom. The predicted octanol–water partition coefficient (Wildman–Crippen LogP) is 1.20. The SMILES string of the molecule is c1cc(CNC2CCNC2)cs1. The van der Waals surface area contributed by atoms with Crippen molar-refractivity contribution in [3.05, 3.63) is 22.4 Å². The lowest BCUT2D eigenvalue weighted by molar-refractivity contribution is 0.548. The molecule has 3 heteroatoms. The third kappa shape index (κ3) is 2.06. The van der Waals surface area contributed by atoms with Gasteiger partial charge in [0.2, 0.25) is 0 Å². The lowest BCUT2D eigenvalue weighted by atomic mass is 10.2. The van der Waals surface area contributed by atoms with Crippen LogP contribution in [0.1, 0.15) is 12.0 Å². The molecule has 0 amide bonds. The van der Waals surface area contributed by atoms with Gasteiger partial charge in [-0.05, 0) is 35.4 Å². The fourth-order valence-corrected chi connectivity index (χ4v) is 2.15. The summed E-state index contributed by atoms with van der Waals surface area (Å²) >= 11 is 1.77.